The summed E-state index contributed by atoms with van der Waals surface area (Å²) in [6.45, 7) is 7.43. The molecule has 0 fully saturated rings. The van der Waals surface area contributed by atoms with Crippen LogP contribution in [0.1, 0.15) is 40.5 Å². The van der Waals surface area contributed by atoms with Gasteiger partial charge in [-0.15, -0.1) is 0 Å². The van der Waals surface area contributed by atoms with Gasteiger partial charge in [0.2, 0.25) is 0 Å². The van der Waals surface area contributed by atoms with Crippen molar-refractivity contribution in [3.05, 3.63) is 0 Å². The second-order valence-electron chi connectivity index (χ2n) is 4.76. The number of nitriles is 1. The average molecular weight is 269 g/mol. The molecule has 0 spiro atoms. The number of carboxylic acids is 1. The molecule has 1 N–H and O–H groups in total. The molecule has 108 valence electrons. The van der Waals surface area contributed by atoms with Gasteiger partial charge in [-0.1, -0.05) is 6.92 Å². The Kier molecular flexibility index (Phi) is 7.57. The first-order chi connectivity index (χ1) is 8.84. The standard InChI is InChI=1S/C13H23N3O3/c1-5-11(4)16(9-12(17)18)13(19)15(10(2)3)8-6-7-14/h10-11H,5-6,8-9H2,1-4H3,(H,17,18). The number of amides is 2. The molecule has 0 bridgehead atoms. The highest BCUT2D eigenvalue weighted by Crippen LogP contribution is 2.11. The van der Waals surface area contributed by atoms with Crippen molar-refractivity contribution in [1.82, 2.24) is 9.80 Å². The first kappa shape index (κ1) is 17.2. The van der Waals surface area contributed by atoms with Crippen LogP contribution >= 0.6 is 0 Å². The highest BCUT2D eigenvalue weighted by atomic mass is 16.4. The molecule has 0 aromatic heterocycles. The van der Waals surface area contributed by atoms with Gasteiger partial charge in [0.15, 0.2) is 0 Å². The largest absolute Gasteiger partial charge is 0.480 e. The number of hydrogen-bond donors (Lipinski definition) is 1. The summed E-state index contributed by atoms with van der Waals surface area (Å²) < 4.78 is 0. The number of aliphatic carboxylic acids is 1. The fraction of sp³-hybridized carbons (Fsp3) is 0.769. The van der Waals surface area contributed by atoms with E-state index in [1.807, 2.05) is 33.8 Å². The molecule has 1 atom stereocenters. The van der Waals surface area contributed by atoms with Gasteiger partial charge in [0.05, 0.1) is 12.5 Å². The fourth-order valence-corrected chi connectivity index (χ4v) is 1.69. The molecule has 0 aliphatic heterocycles. The molecule has 0 aliphatic rings. The number of carbonyl (C=O) groups excluding carboxylic acids is 1. The molecule has 0 rings (SSSR count). The van der Waals surface area contributed by atoms with Gasteiger partial charge in [0, 0.05) is 18.6 Å². The maximum Gasteiger partial charge on any atom is 0.323 e. The third-order valence-corrected chi connectivity index (χ3v) is 3.01. The zero-order chi connectivity index (χ0) is 15.0. The summed E-state index contributed by atoms with van der Waals surface area (Å²) in [5.74, 6) is -1.03. The van der Waals surface area contributed by atoms with E-state index in [0.29, 0.717) is 13.0 Å². The predicted molar refractivity (Wildman–Crippen MR) is 71.6 cm³/mol. The van der Waals surface area contributed by atoms with E-state index in [2.05, 4.69) is 0 Å². The van der Waals surface area contributed by atoms with Crippen molar-refractivity contribution in [3.8, 4) is 6.07 Å². The van der Waals surface area contributed by atoms with Crippen molar-refractivity contribution < 1.29 is 14.7 Å². The van der Waals surface area contributed by atoms with Crippen LogP contribution in [-0.2, 0) is 4.79 Å². The zero-order valence-corrected chi connectivity index (χ0v) is 12.1. The van der Waals surface area contributed by atoms with Gasteiger partial charge >= 0.3 is 12.0 Å². The average Bonchev–Trinajstić information content (AvgIpc) is 2.34. The Morgan fingerprint density at radius 3 is 2.21 bits per heavy atom. The van der Waals surface area contributed by atoms with Gasteiger partial charge in [-0.25, -0.2) is 4.79 Å². The summed E-state index contributed by atoms with van der Waals surface area (Å²) in [6.07, 6.45) is 0.925. The number of nitrogens with zero attached hydrogens (tertiary/aromatic N) is 3. The number of rotatable bonds is 7. The molecule has 6 nitrogen and oxygen atoms in total. The lowest BCUT2D eigenvalue weighted by atomic mass is 10.2. The summed E-state index contributed by atoms with van der Waals surface area (Å²) >= 11 is 0. The van der Waals surface area contributed by atoms with E-state index >= 15 is 0 Å². The van der Waals surface area contributed by atoms with Gasteiger partial charge in [0.25, 0.3) is 0 Å². The summed E-state index contributed by atoms with van der Waals surface area (Å²) in [7, 11) is 0. The third-order valence-electron chi connectivity index (χ3n) is 3.01. The van der Waals surface area contributed by atoms with Crippen LogP contribution in [0.15, 0.2) is 0 Å². The normalized spacial score (nSPS) is 11.8. The van der Waals surface area contributed by atoms with Crippen molar-refractivity contribution in [1.29, 1.82) is 5.26 Å². The molecular weight excluding hydrogens is 246 g/mol. The van der Waals surface area contributed by atoms with Crippen molar-refractivity contribution in [2.24, 2.45) is 0 Å². The molecule has 6 heteroatoms. The summed E-state index contributed by atoms with van der Waals surface area (Å²) in [6, 6.07) is 1.47. The molecule has 0 saturated heterocycles. The lowest BCUT2D eigenvalue weighted by Gasteiger charge is -2.35. The lowest BCUT2D eigenvalue weighted by molar-refractivity contribution is -0.138. The van der Waals surface area contributed by atoms with Crippen molar-refractivity contribution in [3.63, 3.8) is 0 Å². The monoisotopic (exact) mass is 269 g/mol. The Morgan fingerprint density at radius 2 is 1.84 bits per heavy atom. The van der Waals surface area contributed by atoms with Crippen LogP contribution < -0.4 is 0 Å². The van der Waals surface area contributed by atoms with Gasteiger partial charge in [-0.05, 0) is 27.2 Å². The minimum atomic E-state index is -1.03. The van der Waals surface area contributed by atoms with Gasteiger partial charge in [0.1, 0.15) is 6.54 Å². The van der Waals surface area contributed by atoms with Crippen LogP contribution in [0.2, 0.25) is 0 Å². The molecule has 0 aromatic rings. The van der Waals surface area contributed by atoms with E-state index in [4.69, 9.17) is 10.4 Å². The SMILES string of the molecule is CCC(C)N(CC(=O)O)C(=O)N(CCC#N)C(C)C. The van der Waals surface area contributed by atoms with Crippen molar-refractivity contribution in [2.75, 3.05) is 13.1 Å². The number of urea groups is 1. The molecule has 2 amide bonds. The molecule has 0 aromatic carbocycles. The highest BCUT2D eigenvalue weighted by molar-refractivity contribution is 5.80. The van der Waals surface area contributed by atoms with Crippen LogP contribution in [0.25, 0.3) is 0 Å². The fourth-order valence-electron chi connectivity index (χ4n) is 1.69. The molecular formula is C13H23N3O3. The predicted octanol–water partition coefficient (Wildman–Crippen LogP) is 1.92. The van der Waals surface area contributed by atoms with E-state index in [1.54, 1.807) is 4.90 Å². The topological polar surface area (TPSA) is 84.6 Å². The summed E-state index contributed by atoms with van der Waals surface area (Å²) in [5.41, 5.74) is 0. The maximum atomic E-state index is 12.4. The van der Waals surface area contributed by atoms with Crippen LogP contribution in [0.5, 0.6) is 0 Å². The minimum Gasteiger partial charge on any atom is -0.480 e. The Hall–Kier alpha value is -1.77. The zero-order valence-electron chi connectivity index (χ0n) is 12.1. The number of carboxylic acid groups (broad SMARTS) is 1. The number of carbonyl (C=O) groups is 2. The van der Waals surface area contributed by atoms with E-state index in [9.17, 15) is 9.59 Å². The van der Waals surface area contributed by atoms with Crippen molar-refractivity contribution >= 4 is 12.0 Å². The summed E-state index contributed by atoms with van der Waals surface area (Å²) in [4.78, 5) is 26.2. The van der Waals surface area contributed by atoms with E-state index < -0.39 is 5.97 Å². The van der Waals surface area contributed by atoms with Crippen molar-refractivity contribution in [2.45, 2.75) is 52.6 Å². The Morgan fingerprint density at radius 1 is 1.26 bits per heavy atom. The first-order valence-electron chi connectivity index (χ1n) is 6.51. The highest BCUT2D eigenvalue weighted by Gasteiger charge is 2.27. The molecule has 0 heterocycles. The Labute approximate surface area is 114 Å². The second-order valence-corrected chi connectivity index (χ2v) is 4.76. The van der Waals surface area contributed by atoms with Crippen LogP contribution in [0, 0.1) is 11.3 Å². The molecule has 19 heavy (non-hydrogen) atoms. The smallest absolute Gasteiger partial charge is 0.323 e. The Bertz CT molecular complexity index is 350. The van der Waals surface area contributed by atoms with Crippen LogP contribution in [-0.4, -0.2) is 52.1 Å². The third kappa shape index (κ3) is 5.60. The summed E-state index contributed by atoms with van der Waals surface area (Å²) in [5, 5.41) is 17.5. The maximum absolute atomic E-state index is 12.4. The second kappa shape index (κ2) is 8.35. The van der Waals surface area contributed by atoms with Gasteiger partial charge < -0.3 is 14.9 Å². The lowest BCUT2D eigenvalue weighted by Crippen LogP contribution is -2.51. The molecule has 0 radical (unpaired) electrons. The Balaban J connectivity index is 5.01. The quantitative estimate of drug-likeness (QED) is 0.765. The molecule has 0 saturated carbocycles. The van der Waals surface area contributed by atoms with E-state index in [-0.39, 0.29) is 31.1 Å². The van der Waals surface area contributed by atoms with E-state index in [0.717, 1.165) is 0 Å². The van der Waals surface area contributed by atoms with E-state index in [1.165, 1.54) is 4.90 Å². The first-order valence-corrected chi connectivity index (χ1v) is 6.51. The molecule has 1 unspecified atom stereocenters. The molecule has 0 aliphatic carbocycles. The van der Waals surface area contributed by atoms with Crippen LogP contribution in [0.4, 0.5) is 4.79 Å². The van der Waals surface area contributed by atoms with Gasteiger partial charge in [-0.2, -0.15) is 5.26 Å². The van der Waals surface area contributed by atoms with Gasteiger partial charge in [-0.3, -0.25) is 4.79 Å². The minimum absolute atomic E-state index is 0.0683. The van der Waals surface area contributed by atoms with Crippen LogP contribution in [0.3, 0.4) is 0 Å². The number of hydrogen-bond acceptors (Lipinski definition) is 3.